The molecule has 1 unspecified atom stereocenters. The van der Waals surface area contributed by atoms with Crippen LogP contribution in [-0.2, 0) is 17.8 Å². The van der Waals surface area contributed by atoms with Gasteiger partial charge in [-0.1, -0.05) is 53.6 Å². The van der Waals surface area contributed by atoms with Gasteiger partial charge in [0.25, 0.3) is 0 Å². The number of aromatic amines is 1. The minimum absolute atomic E-state index is 0.0611. The molecule has 0 bridgehead atoms. The van der Waals surface area contributed by atoms with Crippen LogP contribution in [0.15, 0.2) is 48.5 Å². The highest BCUT2D eigenvalue weighted by Crippen LogP contribution is 2.26. The van der Waals surface area contributed by atoms with E-state index in [1.54, 1.807) is 4.57 Å². The van der Waals surface area contributed by atoms with Crippen molar-refractivity contribution in [3.8, 4) is 11.4 Å². The normalized spacial score (nSPS) is 16.3. The van der Waals surface area contributed by atoms with Crippen molar-refractivity contribution in [1.82, 2.24) is 19.7 Å². The van der Waals surface area contributed by atoms with E-state index in [0.29, 0.717) is 10.6 Å². The zero-order valence-corrected chi connectivity index (χ0v) is 17.8. The van der Waals surface area contributed by atoms with Crippen LogP contribution in [0.2, 0.25) is 5.02 Å². The van der Waals surface area contributed by atoms with Crippen molar-refractivity contribution in [3.63, 3.8) is 0 Å². The maximum absolute atomic E-state index is 13.2. The largest absolute Gasteiger partial charge is 0.338 e. The van der Waals surface area contributed by atoms with Gasteiger partial charge in [0.2, 0.25) is 5.91 Å². The van der Waals surface area contributed by atoms with Gasteiger partial charge in [0, 0.05) is 23.2 Å². The van der Waals surface area contributed by atoms with Gasteiger partial charge in [0.15, 0.2) is 10.6 Å². The lowest BCUT2D eigenvalue weighted by Gasteiger charge is -2.25. The lowest BCUT2D eigenvalue weighted by Crippen LogP contribution is -2.39. The number of aromatic nitrogens is 3. The summed E-state index contributed by atoms with van der Waals surface area (Å²) in [6, 6.07) is 16.0. The smallest absolute Gasteiger partial charge is 0.242 e. The molecule has 1 saturated heterocycles. The highest BCUT2D eigenvalue weighted by atomic mass is 35.5. The Hall–Kier alpha value is -2.44. The van der Waals surface area contributed by atoms with Gasteiger partial charge in [-0.25, -0.2) is 0 Å². The molecular formula is C22H23ClN4OS. The highest BCUT2D eigenvalue weighted by Gasteiger charge is 2.30. The first-order valence-corrected chi connectivity index (χ1v) is 10.6. The van der Waals surface area contributed by atoms with Gasteiger partial charge in [-0.15, -0.1) is 0 Å². The molecule has 2 aromatic carbocycles. The molecule has 5 nitrogen and oxygen atoms in total. The molecular weight excluding hydrogens is 404 g/mol. The fourth-order valence-corrected chi connectivity index (χ4v) is 4.40. The fourth-order valence-electron chi connectivity index (χ4n) is 3.99. The quantitative estimate of drug-likeness (QED) is 0.596. The van der Waals surface area contributed by atoms with Crippen molar-refractivity contribution in [2.24, 2.45) is 0 Å². The van der Waals surface area contributed by atoms with Crippen LogP contribution in [0, 0.1) is 11.7 Å². The van der Waals surface area contributed by atoms with E-state index in [-0.39, 0.29) is 18.5 Å². The van der Waals surface area contributed by atoms with E-state index in [4.69, 9.17) is 23.8 Å². The summed E-state index contributed by atoms with van der Waals surface area (Å²) in [4.78, 5) is 15.2. The van der Waals surface area contributed by atoms with Gasteiger partial charge >= 0.3 is 0 Å². The zero-order chi connectivity index (χ0) is 20.4. The van der Waals surface area contributed by atoms with E-state index >= 15 is 0 Å². The molecule has 1 N–H and O–H groups in total. The van der Waals surface area contributed by atoms with Gasteiger partial charge < -0.3 is 4.90 Å². The summed E-state index contributed by atoms with van der Waals surface area (Å²) in [5.41, 5.74) is 3.16. The monoisotopic (exact) mass is 426 g/mol. The summed E-state index contributed by atoms with van der Waals surface area (Å²) in [6.07, 6.45) is 2.76. The zero-order valence-electron chi connectivity index (χ0n) is 16.3. The van der Waals surface area contributed by atoms with Crippen molar-refractivity contribution < 1.29 is 4.79 Å². The number of rotatable bonds is 5. The Balaban J connectivity index is 1.54. The van der Waals surface area contributed by atoms with E-state index in [9.17, 15) is 4.79 Å². The number of carbonyl (C=O) groups is 1. The van der Waals surface area contributed by atoms with Crippen molar-refractivity contribution in [1.29, 1.82) is 0 Å². The van der Waals surface area contributed by atoms with Crippen LogP contribution in [0.25, 0.3) is 11.4 Å². The Kier molecular flexibility index (Phi) is 5.83. The SMILES string of the molecule is Cc1cccc(-c2n[nH]c(=S)n2CC(=O)N2CCCC2Cc2ccccc2Cl)c1. The topological polar surface area (TPSA) is 53.9 Å². The van der Waals surface area contributed by atoms with E-state index in [1.807, 2.05) is 60.4 Å². The second kappa shape index (κ2) is 8.51. The Morgan fingerprint density at radius 3 is 2.90 bits per heavy atom. The second-order valence-electron chi connectivity index (χ2n) is 7.49. The van der Waals surface area contributed by atoms with E-state index < -0.39 is 0 Å². The number of halogens is 1. The Morgan fingerprint density at radius 2 is 2.10 bits per heavy atom. The summed E-state index contributed by atoms with van der Waals surface area (Å²) in [6.45, 7) is 2.97. The van der Waals surface area contributed by atoms with Crippen molar-refractivity contribution in [2.75, 3.05) is 6.54 Å². The summed E-state index contributed by atoms with van der Waals surface area (Å²) in [5.74, 6) is 0.750. The summed E-state index contributed by atoms with van der Waals surface area (Å²) in [7, 11) is 0. The molecule has 1 aliphatic heterocycles. The van der Waals surface area contributed by atoms with Crippen molar-refractivity contribution in [2.45, 2.75) is 38.8 Å². The number of likely N-dealkylation sites (tertiary alicyclic amines) is 1. The predicted octanol–water partition coefficient (Wildman–Crippen LogP) is 4.80. The molecule has 1 amide bonds. The fraction of sp³-hybridized carbons (Fsp3) is 0.318. The number of nitrogens with zero attached hydrogens (tertiary/aromatic N) is 3. The molecule has 7 heteroatoms. The van der Waals surface area contributed by atoms with Crippen LogP contribution in [0.3, 0.4) is 0 Å². The van der Waals surface area contributed by atoms with Crippen LogP contribution >= 0.6 is 23.8 Å². The lowest BCUT2D eigenvalue weighted by atomic mass is 10.0. The third kappa shape index (κ3) is 4.28. The minimum Gasteiger partial charge on any atom is -0.338 e. The Labute approximate surface area is 180 Å². The number of hydrogen-bond donors (Lipinski definition) is 1. The van der Waals surface area contributed by atoms with Gasteiger partial charge in [-0.05, 0) is 56.1 Å². The second-order valence-corrected chi connectivity index (χ2v) is 8.28. The molecule has 1 aliphatic rings. The number of nitrogens with one attached hydrogen (secondary N) is 1. The van der Waals surface area contributed by atoms with Gasteiger partial charge in [-0.3, -0.25) is 14.5 Å². The van der Waals surface area contributed by atoms with Crippen LogP contribution < -0.4 is 0 Å². The highest BCUT2D eigenvalue weighted by molar-refractivity contribution is 7.71. The minimum atomic E-state index is 0.0611. The molecule has 1 fully saturated rings. The van der Waals surface area contributed by atoms with E-state index in [2.05, 4.69) is 10.2 Å². The third-order valence-electron chi connectivity index (χ3n) is 5.44. The van der Waals surface area contributed by atoms with Gasteiger partial charge in [0.1, 0.15) is 6.54 Å². The van der Waals surface area contributed by atoms with Crippen molar-refractivity contribution >= 4 is 29.7 Å². The first kappa shape index (κ1) is 19.9. The summed E-state index contributed by atoms with van der Waals surface area (Å²) < 4.78 is 2.24. The van der Waals surface area contributed by atoms with E-state index in [1.165, 1.54) is 0 Å². The van der Waals surface area contributed by atoms with Crippen molar-refractivity contribution in [3.05, 3.63) is 69.5 Å². The number of aryl methyl sites for hydroxylation is 1. The van der Waals surface area contributed by atoms with E-state index in [0.717, 1.165) is 47.5 Å². The molecule has 29 heavy (non-hydrogen) atoms. The molecule has 1 aromatic heterocycles. The Bertz CT molecular complexity index is 1090. The third-order valence-corrected chi connectivity index (χ3v) is 6.12. The van der Waals surface area contributed by atoms with Gasteiger partial charge in [-0.2, -0.15) is 5.10 Å². The van der Waals surface area contributed by atoms with Crippen LogP contribution in [0.1, 0.15) is 24.0 Å². The van der Waals surface area contributed by atoms with Crippen LogP contribution in [0.4, 0.5) is 0 Å². The number of H-pyrrole nitrogens is 1. The molecule has 0 saturated carbocycles. The molecule has 0 aliphatic carbocycles. The standard InChI is InChI=1S/C22H23ClN4OS/c1-15-6-4-8-17(12-15)21-24-25-22(29)27(21)14-20(28)26-11-5-9-18(26)13-16-7-2-3-10-19(16)23/h2-4,6-8,10,12,18H,5,9,11,13-14H2,1H3,(H,25,29). The number of hydrogen-bond acceptors (Lipinski definition) is 3. The number of carbonyl (C=O) groups excluding carboxylic acids is 1. The average molecular weight is 427 g/mol. The predicted molar refractivity (Wildman–Crippen MR) is 117 cm³/mol. The molecule has 150 valence electrons. The summed E-state index contributed by atoms with van der Waals surface area (Å²) in [5, 5.41) is 7.96. The molecule has 3 aromatic rings. The average Bonchev–Trinajstić information content (AvgIpc) is 3.31. The number of benzene rings is 2. The molecule has 2 heterocycles. The molecule has 0 spiro atoms. The Morgan fingerprint density at radius 1 is 1.28 bits per heavy atom. The first-order chi connectivity index (χ1) is 14.0. The number of amides is 1. The maximum atomic E-state index is 13.2. The van der Waals surface area contributed by atoms with Gasteiger partial charge in [0.05, 0.1) is 0 Å². The lowest BCUT2D eigenvalue weighted by molar-refractivity contribution is -0.132. The molecule has 1 atom stereocenters. The van der Waals surface area contributed by atoms with Crippen LogP contribution in [0.5, 0.6) is 0 Å². The maximum Gasteiger partial charge on any atom is 0.242 e. The van der Waals surface area contributed by atoms with Crippen LogP contribution in [-0.4, -0.2) is 38.2 Å². The molecule has 4 rings (SSSR count). The summed E-state index contributed by atoms with van der Waals surface area (Å²) >= 11 is 11.7. The molecule has 0 radical (unpaired) electrons. The first-order valence-electron chi connectivity index (χ1n) is 9.78.